The van der Waals surface area contributed by atoms with E-state index in [2.05, 4.69) is 28.8 Å². The van der Waals surface area contributed by atoms with Crippen LogP contribution in [0.3, 0.4) is 0 Å². The van der Waals surface area contributed by atoms with Gasteiger partial charge in [-0.2, -0.15) is 0 Å². The van der Waals surface area contributed by atoms with Gasteiger partial charge in [-0.25, -0.2) is 4.98 Å². The fraction of sp³-hybridized carbons (Fsp3) is 0.250. The summed E-state index contributed by atoms with van der Waals surface area (Å²) in [6.45, 7) is 7.39. The lowest BCUT2D eigenvalue weighted by Gasteiger charge is -2.30. The van der Waals surface area contributed by atoms with Crippen LogP contribution in [0.4, 0.5) is 0 Å². The van der Waals surface area contributed by atoms with Gasteiger partial charge in [0.1, 0.15) is 11.5 Å². The van der Waals surface area contributed by atoms with Crippen LogP contribution in [0, 0.1) is 0 Å². The Bertz CT molecular complexity index is 792. The highest BCUT2D eigenvalue weighted by molar-refractivity contribution is 5.40. The molecule has 0 radical (unpaired) electrons. The van der Waals surface area contributed by atoms with Gasteiger partial charge in [0, 0.05) is 6.54 Å². The van der Waals surface area contributed by atoms with Crippen molar-refractivity contribution < 1.29 is 4.74 Å². The molecule has 0 fully saturated rings. The zero-order valence-electron chi connectivity index (χ0n) is 14.5. The number of nitrogens with one attached hydrogen (secondary N) is 2. The number of hydrogen-bond acceptors (Lipinski definition) is 4. The molecule has 2 bridgehead atoms. The van der Waals surface area contributed by atoms with Crippen molar-refractivity contribution in [2.45, 2.75) is 18.9 Å². The van der Waals surface area contributed by atoms with E-state index >= 15 is 0 Å². The van der Waals surface area contributed by atoms with Gasteiger partial charge in [0.25, 0.3) is 0 Å². The van der Waals surface area contributed by atoms with Crippen molar-refractivity contribution >= 4 is 0 Å². The normalized spacial score (nSPS) is 25.2. The first-order valence-corrected chi connectivity index (χ1v) is 8.38. The summed E-state index contributed by atoms with van der Waals surface area (Å²) in [7, 11) is 0. The first-order valence-electron chi connectivity index (χ1n) is 8.38. The zero-order valence-corrected chi connectivity index (χ0v) is 14.5. The van der Waals surface area contributed by atoms with Gasteiger partial charge in [0.2, 0.25) is 0 Å². The molecule has 1 aliphatic heterocycles. The summed E-state index contributed by atoms with van der Waals surface area (Å²) in [4.78, 5) is 7.31. The number of benzene rings is 1. The van der Waals surface area contributed by atoms with Crippen LogP contribution in [-0.2, 0) is 5.54 Å². The number of aromatic amines is 1. The second-order valence-electron chi connectivity index (χ2n) is 6.29. The number of hydrogen-bond donors (Lipinski definition) is 3. The molecule has 1 aliphatic rings. The summed E-state index contributed by atoms with van der Waals surface area (Å²) in [5, 5.41) is 3.45. The molecule has 0 aliphatic carbocycles. The van der Waals surface area contributed by atoms with E-state index in [4.69, 9.17) is 10.5 Å². The predicted octanol–water partition coefficient (Wildman–Crippen LogP) is 3.00. The quantitative estimate of drug-likeness (QED) is 0.788. The number of aromatic nitrogens is 2. The minimum atomic E-state index is -0.665. The molecule has 1 aromatic carbocycles. The SMILES string of the molecule is C=C/C=C1\C=C(/C)CNCCC(N)(c2cnc[nH]2)c2cccc(c2)O1. The topological polar surface area (TPSA) is 76.0 Å². The zero-order chi connectivity index (χ0) is 17.7. The van der Waals surface area contributed by atoms with Crippen molar-refractivity contribution in [1.82, 2.24) is 15.3 Å². The van der Waals surface area contributed by atoms with Crippen LogP contribution in [0.25, 0.3) is 0 Å². The van der Waals surface area contributed by atoms with E-state index in [0.717, 1.165) is 42.3 Å². The average Bonchev–Trinajstić information content (AvgIpc) is 3.13. The maximum atomic E-state index is 6.82. The number of ether oxygens (including phenoxy) is 1. The molecule has 5 nitrogen and oxygen atoms in total. The summed E-state index contributed by atoms with van der Waals surface area (Å²) >= 11 is 0. The molecule has 3 rings (SSSR count). The Labute approximate surface area is 148 Å². The van der Waals surface area contributed by atoms with E-state index in [0.29, 0.717) is 0 Å². The van der Waals surface area contributed by atoms with Gasteiger partial charge in [-0.3, -0.25) is 0 Å². The summed E-state index contributed by atoms with van der Waals surface area (Å²) in [6, 6.07) is 7.91. The number of nitrogens with zero attached hydrogens (tertiary/aromatic N) is 1. The number of nitrogens with two attached hydrogens (primary N) is 1. The number of fused-ring (bicyclic) bond motifs is 2. The van der Waals surface area contributed by atoms with Crippen molar-refractivity contribution in [3.63, 3.8) is 0 Å². The average molecular weight is 336 g/mol. The van der Waals surface area contributed by atoms with E-state index in [9.17, 15) is 0 Å². The predicted molar refractivity (Wildman–Crippen MR) is 100 cm³/mol. The number of rotatable bonds is 2. The highest BCUT2D eigenvalue weighted by atomic mass is 16.5. The first-order chi connectivity index (χ1) is 12.1. The fourth-order valence-electron chi connectivity index (χ4n) is 3.00. The van der Waals surface area contributed by atoms with E-state index in [-0.39, 0.29) is 0 Å². The maximum Gasteiger partial charge on any atom is 0.127 e. The Morgan fingerprint density at radius 2 is 2.28 bits per heavy atom. The minimum Gasteiger partial charge on any atom is -0.457 e. The minimum absolute atomic E-state index is 0.665. The van der Waals surface area contributed by atoms with Gasteiger partial charge in [-0.15, -0.1) is 0 Å². The van der Waals surface area contributed by atoms with Crippen LogP contribution in [-0.4, -0.2) is 23.1 Å². The van der Waals surface area contributed by atoms with Crippen LogP contribution in [0.15, 0.2) is 72.9 Å². The summed E-state index contributed by atoms with van der Waals surface area (Å²) < 4.78 is 6.05. The third-order valence-electron chi connectivity index (χ3n) is 4.33. The highest BCUT2D eigenvalue weighted by Crippen LogP contribution is 2.31. The molecular weight excluding hydrogens is 312 g/mol. The molecule has 5 heteroatoms. The Morgan fingerprint density at radius 1 is 1.40 bits per heavy atom. The molecule has 130 valence electrons. The van der Waals surface area contributed by atoms with Gasteiger partial charge >= 0.3 is 0 Å². The van der Waals surface area contributed by atoms with E-state index in [1.165, 1.54) is 5.57 Å². The molecule has 2 heterocycles. The van der Waals surface area contributed by atoms with Crippen LogP contribution in [0.2, 0.25) is 0 Å². The van der Waals surface area contributed by atoms with Gasteiger partial charge < -0.3 is 20.8 Å². The van der Waals surface area contributed by atoms with Crippen molar-refractivity contribution in [3.8, 4) is 5.75 Å². The van der Waals surface area contributed by atoms with E-state index < -0.39 is 5.54 Å². The lowest BCUT2D eigenvalue weighted by Crippen LogP contribution is -2.41. The lowest BCUT2D eigenvalue weighted by molar-refractivity contribution is 0.430. The van der Waals surface area contributed by atoms with Crippen molar-refractivity contribution in [2.24, 2.45) is 5.73 Å². The van der Waals surface area contributed by atoms with Crippen LogP contribution >= 0.6 is 0 Å². The first kappa shape index (κ1) is 17.2. The molecule has 2 aromatic rings. The summed E-state index contributed by atoms with van der Waals surface area (Å²) in [5.74, 6) is 1.49. The maximum absolute atomic E-state index is 6.82. The lowest BCUT2D eigenvalue weighted by atomic mass is 9.84. The number of imidazole rings is 1. The second-order valence-corrected chi connectivity index (χ2v) is 6.29. The Hall–Kier alpha value is -2.63. The van der Waals surface area contributed by atoms with Crippen molar-refractivity contribution in [3.05, 3.63) is 84.2 Å². The van der Waals surface area contributed by atoms with E-state index in [1.807, 2.05) is 36.4 Å². The Balaban J connectivity index is 2.05. The van der Waals surface area contributed by atoms with Gasteiger partial charge in [-0.05, 0) is 49.7 Å². The Kier molecular flexibility index (Phi) is 5.16. The molecule has 1 atom stereocenters. The summed E-state index contributed by atoms with van der Waals surface area (Å²) in [5.41, 5.74) is 9.20. The van der Waals surface area contributed by atoms with Gasteiger partial charge in [0.05, 0.1) is 23.8 Å². The molecule has 25 heavy (non-hydrogen) atoms. The molecule has 0 spiro atoms. The molecule has 0 amide bonds. The fourth-order valence-corrected chi connectivity index (χ4v) is 3.00. The Morgan fingerprint density at radius 3 is 3.04 bits per heavy atom. The highest BCUT2D eigenvalue weighted by Gasteiger charge is 2.31. The van der Waals surface area contributed by atoms with E-state index in [1.54, 1.807) is 18.6 Å². The summed E-state index contributed by atoms with van der Waals surface area (Å²) in [6.07, 6.45) is 9.78. The monoisotopic (exact) mass is 336 g/mol. The molecule has 0 saturated heterocycles. The van der Waals surface area contributed by atoms with Crippen molar-refractivity contribution in [1.29, 1.82) is 0 Å². The van der Waals surface area contributed by atoms with Crippen molar-refractivity contribution in [2.75, 3.05) is 13.1 Å². The molecule has 1 aromatic heterocycles. The van der Waals surface area contributed by atoms with Crippen LogP contribution in [0.5, 0.6) is 5.75 Å². The smallest absolute Gasteiger partial charge is 0.127 e. The third-order valence-corrected chi connectivity index (χ3v) is 4.33. The number of allylic oxidation sites excluding steroid dienone is 3. The molecule has 1 unspecified atom stereocenters. The molecule has 0 saturated carbocycles. The standard InChI is InChI=1S/C20H24N4O/c1-3-5-17-10-15(2)12-22-9-8-20(21,19-13-23-14-24-19)16-6-4-7-18(11-16)25-17/h3-7,10-11,13-14,22H,1,8-9,12,21H2,2H3,(H,23,24)/b15-10+,17-5+. The molecule has 4 N–H and O–H groups in total. The van der Waals surface area contributed by atoms with Gasteiger partial charge in [0.15, 0.2) is 0 Å². The largest absolute Gasteiger partial charge is 0.457 e. The molecular formula is C20H24N4O. The second kappa shape index (κ2) is 7.51. The van der Waals surface area contributed by atoms with Crippen LogP contribution < -0.4 is 15.8 Å². The number of H-pyrrole nitrogens is 1. The van der Waals surface area contributed by atoms with Gasteiger partial charge in [-0.1, -0.05) is 30.4 Å². The van der Waals surface area contributed by atoms with Crippen LogP contribution in [0.1, 0.15) is 24.6 Å². The third kappa shape index (κ3) is 3.90.